The van der Waals surface area contributed by atoms with Crippen molar-refractivity contribution in [2.75, 3.05) is 24.2 Å². The van der Waals surface area contributed by atoms with Crippen molar-refractivity contribution in [3.05, 3.63) is 53.6 Å². The van der Waals surface area contributed by atoms with Gasteiger partial charge in [-0.15, -0.1) is 0 Å². The molecule has 1 N–H and O–H groups in total. The molecular weight excluding hydrogens is 458 g/mol. The maximum absolute atomic E-state index is 13.0. The van der Waals surface area contributed by atoms with Gasteiger partial charge in [0, 0.05) is 37.0 Å². The van der Waals surface area contributed by atoms with Gasteiger partial charge in [0.15, 0.2) is 5.17 Å². The first-order valence-electron chi connectivity index (χ1n) is 10.9. The van der Waals surface area contributed by atoms with Crippen LogP contribution < -0.4 is 5.32 Å². The Kier molecular flexibility index (Phi) is 6.87. The molecule has 174 valence electrons. The van der Waals surface area contributed by atoms with Crippen molar-refractivity contribution in [2.24, 2.45) is 10.1 Å². The number of amides is 1. The minimum atomic E-state index is -3.62. The fourth-order valence-corrected chi connectivity index (χ4v) is 6.48. The Labute approximate surface area is 198 Å². The van der Waals surface area contributed by atoms with E-state index in [0.717, 1.165) is 17.7 Å². The number of para-hydroxylation sites is 1. The Morgan fingerprint density at radius 2 is 1.97 bits per heavy atom. The van der Waals surface area contributed by atoms with E-state index in [1.807, 2.05) is 29.4 Å². The minimum Gasteiger partial charge on any atom is -0.325 e. The van der Waals surface area contributed by atoms with E-state index in [4.69, 9.17) is 4.99 Å². The second-order valence-corrected chi connectivity index (χ2v) is 10.6. The zero-order valence-corrected chi connectivity index (χ0v) is 20.5. The maximum Gasteiger partial charge on any atom is 0.243 e. The van der Waals surface area contributed by atoms with Gasteiger partial charge in [-0.3, -0.25) is 4.79 Å². The number of amidine groups is 1. The molecule has 0 fully saturated rings. The summed E-state index contributed by atoms with van der Waals surface area (Å²) < 4.78 is 27.3. The fraction of sp³-hybridized carbons (Fsp3) is 0.348. The van der Waals surface area contributed by atoms with Crippen LogP contribution in [0.3, 0.4) is 0 Å². The van der Waals surface area contributed by atoms with Crippen molar-refractivity contribution >= 4 is 50.4 Å². The monoisotopic (exact) mass is 485 g/mol. The number of hydrogen-bond acceptors (Lipinski definition) is 7. The third-order valence-corrected chi connectivity index (χ3v) is 8.80. The number of thioether (sulfide) groups is 1. The van der Waals surface area contributed by atoms with Gasteiger partial charge in [-0.25, -0.2) is 18.4 Å². The predicted molar refractivity (Wildman–Crippen MR) is 134 cm³/mol. The van der Waals surface area contributed by atoms with E-state index in [1.54, 1.807) is 32.9 Å². The third kappa shape index (κ3) is 4.68. The van der Waals surface area contributed by atoms with Crippen molar-refractivity contribution in [2.45, 2.75) is 38.1 Å². The number of hydrazone groups is 1. The Bertz CT molecular complexity index is 1220. The summed E-state index contributed by atoms with van der Waals surface area (Å²) in [6, 6.07) is 13.0. The highest BCUT2D eigenvalue weighted by Crippen LogP contribution is 2.40. The normalized spacial score (nSPS) is 17.0. The number of aryl methyl sites for hydroxylation is 1. The average Bonchev–Trinajstić information content (AvgIpc) is 3.30. The summed E-state index contributed by atoms with van der Waals surface area (Å²) in [7, 11) is -3.62. The zero-order chi connectivity index (χ0) is 23.6. The highest BCUT2D eigenvalue weighted by molar-refractivity contribution is 8.14. The molecular formula is C23H27N5O3S2. The van der Waals surface area contributed by atoms with Gasteiger partial charge >= 0.3 is 0 Å². The predicted octanol–water partition coefficient (Wildman–Crippen LogP) is 4.13. The number of aliphatic imine (C=N–C) groups is 1. The average molecular weight is 486 g/mol. The van der Waals surface area contributed by atoms with Crippen LogP contribution in [0, 0.1) is 6.92 Å². The summed E-state index contributed by atoms with van der Waals surface area (Å²) in [4.78, 5) is 17.6. The van der Waals surface area contributed by atoms with E-state index in [-0.39, 0.29) is 22.6 Å². The topological polar surface area (TPSA) is 94.4 Å². The number of rotatable bonds is 7. The summed E-state index contributed by atoms with van der Waals surface area (Å²) in [6.07, 6.45) is 2.67. The van der Waals surface area contributed by atoms with Crippen molar-refractivity contribution in [3.63, 3.8) is 0 Å². The molecule has 1 atom stereocenters. The second-order valence-electron chi connectivity index (χ2n) is 7.75. The van der Waals surface area contributed by atoms with Crippen molar-refractivity contribution in [3.8, 4) is 0 Å². The number of carbonyl (C=O) groups is 1. The smallest absolute Gasteiger partial charge is 0.243 e. The Hall–Kier alpha value is -2.69. The molecule has 8 nitrogen and oxygen atoms in total. The van der Waals surface area contributed by atoms with Crippen LogP contribution in [0.4, 0.5) is 11.4 Å². The van der Waals surface area contributed by atoms with Crippen LogP contribution in [-0.4, -0.2) is 53.9 Å². The van der Waals surface area contributed by atoms with Crippen LogP contribution in [-0.2, 0) is 14.8 Å². The first-order valence-corrected chi connectivity index (χ1v) is 13.3. The standard InChI is InChI=1S/C23H27N5O3S2/c1-4-27(5-2)33(30,31)21-14-17(11-10-16(21)3)25-22(29)15-32-23-26-19-9-7-6-8-18(19)20-12-13-24-28(20)23/h6-11,13-14,20H,4-5,12,15H2,1-3H3,(H,25,29)/t20-/m1/s1. The number of anilines is 1. The van der Waals surface area contributed by atoms with Gasteiger partial charge < -0.3 is 5.32 Å². The van der Waals surface area contributed by atoms with Gasteiger partial charge in [0.05, 0.1) is 22.4 Å². The van der Waals surface area contributed by atoms with Crippen LogP contribution in [0.1, 0.15) is 37.4 Å². The second kappa shape index (κ2) is 9.66. The molecule has 0 unspecified atom stereocenters. The largest absolute Gasteiger partial charge is 0.325 e. The van der Waals surface area contributed by atoms with E-state index in [2.05, 4.69) is 16.5 Å². The van der Waals surface area contributed by atoms with Crippen LogP contribution in [0.25, 0.3) is 0 Å². The molecule has 1 amide bonds. The molecule has 0 aromatic heterocycles. The van der Waals surface area contributed by atoms with Gasteiger partial charge in [0.25, 0.3) is 0 Å². The van der Waals surface area contributed by atoms with Crippen LogP contribution in [0.2, 0.25) is 0 Å². The molecule has 2 heterocycles. The summed E-state index contributed by atoms with van der Waals surface area (Å²) >= 11 is 1.31. The third-order valence-electron chi connectivity index (χ3n) is 5.67. The number of sulfonamides is 1. The van der Waals surface area contributed by atoms with E-state index in [9.17, 15) is 13.2 Å². The Morgan fingerprint density at radius 3 is 2.73 bits per heavy atom. The lowest BCUT2D eigenvalue weighted by molar-refractivity contribution is -0.113. The lowest BCUT2D eigenvalue weighted by Crippen LogP contribution is -2.31. The van der Waals surface area contributed by atoms with Crippen molar-refractivity contribution in [1.82, 2.24) is 9.31 Å². The first-order chi connectivity index (χ1) is 15.8. The maximum atomic E-state index is 13.0. The Morgan fingerprint density at radius 1 is 1.21 bits per heavy atom. The Balaban J connectivity index is 1.47. The van der Waals surface area contributed by atoms with Crippen molar-refractivity contribution in [1.29, 1.82) is 0 Å². The molecule has 0 saturated heterocycles. The lowest BCUT2D eigenvalue weighted by Gasteiger charge is -2.29. The number of nitrogens with zero attached hydrogens (tertiary/aromatic N) is 4. The zero-order valence-electron chi connectivity index (χ0n) is 18.9. The number of hydrogen-bond donors (Lipinski definition) is 1. The molecule has 0 saturated carbocycles. The number of nitrogens with one attached hydrogen (secondary N) is 1. The number of fused-ring (bicyclic) bond motifs is 3. The molecule has 2 aromatic carbocycles. The summed E-state index contributed by atoms with van der Waals surface area (Å²) in [5.74, 6) is -0.109. The first kappa shape index (κ1) is 23.5. The number of carbonyl (C=O) groups excluding carboxylic acids is 1. The van der Waals surface area contributed by atoms with Gasteiger partial charge in [-0.2, -0.15) is 9.41 Å². The van der Waals surface area contributed by atoms with Crippen LogP contribution in [0.5, 0.6) is 0 Å². The molecule has 10 heteroatoms. The van der Waals surface area contributed by atoms with E-state index in [0.29, 0.717) is 29.5 Å². The van der Waals surface area contributed by atoms with E-state index in [1.165, 1.54) is 22.1 Å². The summed E-state index contributed by atoms with van der Waals surface area (Å²) in [5, 5.41) is 9.79. The van der Waals surface area contributed by atoms with Gasteiger partial charge in [-0.1, -0.05) is 49.9 Å². The summed E-state index contributed by atoms with van der Waals surface area (Å²) in [5.41, 5.74) is 3.12. The molecule has 0 spiro atoms. The molecule has 0 radical (unpaired) electrons. The SMILES string of the molecule is CCN(CC)S(=O)(=O)c1cc(NC(=O)CSC2=Nc3ccccc3[C@H]3CC=NN23)ccc1C. The highest BCUT2D eigenvalue weighted by Gasteiger charge is 2.32. The molecule has 2 aliphatic rings. The molecule has 2 aromatic rings. The molecule has 0 aliphatic carbocycles. The van der Waals surface area contributed by atoms with Gasteiger partial charge in [0.1, 0.15) is 0 Å². The highest BCUT2D eigenvalue weighted by atomic mass is 32.2. The number of benzene rings is 2. The van der Waals surface area contributed by atoms with E-state index < -0.39 is 10.0 Å². The molecule has 2 aliphatic heterocycles. The fourth-order valence-electron chi connectivity index (χ4n) is 3.97. The van der Waals surface area contributed by atoms with E-state index >= 15 is 0 Å². The molecule has 33 heavy (non-hydrogen) atoms. The van der Waals surface area contributed by atoms with Crippen LogP contribution in [0.15, 0.2) is 57.5 Å². The lowest BCUT2D eigenvalue weighted by atomic mass is 10.0. The minimum absolute atomic E-state index is 0.106. The molecule has 4 rings (SSSR count). The quantitative estimate of drug-likeness (QED) is 0.636. The molecule has 0 bridgehead atoms. The van der Waals surface area contributed by atoms with Crippen LogP contribution >= 0.6 is 11.8 Å². The van der Waals surface area contributed by atoms with Crippen molar-refractivity contribution < 1.29 is 13.2 Å². The van der Waals surface area contributed by atoms with Gasteiger partial charge in [-0.05, 0) is 30.7 Å². The van der Waals surface area contributed by atoms with Gasteiger partial charge in [0.2, 0.25) is 15.9 Å². The summed E-state index contributed by atoms with van der Waals surface area (Å²) in [6.45, 7) is 6.14.